The first kappa shape index (κ1) is 23.5. The zero-order valence-corrected chi connectivity index (χ0v) is 20.5. The number of carbonyl (C=O) groups is 1. The minimum atomic E-state index is -3.45. The van der Waals surface area contributed by atoms with Crippen LogP contribution in [0.5, 0.6) is 5.75 Å². The number of halogens is 1. The van der Waals surface area contributed by atoms with Crippen LogP contribution in [-0.4, -0.2) is 30.4 Å². The van der Waals surface area contributed by atoms with Gasteiger partial charge in [-0.1, -0.05) is 58.4 Å². The van der Waals surface area contributed by atoms with E-state index in [2.05, 4.69) is 31.1 Å². The quantitative estimate of drug-likeness (QED) is 0.333. The second-order valence-electron chi connectivity index (χ2n) is 7.47. The summed E-state index contributed by atoms with van der Waals surface area (Å²) in [6, 6.07) is 22.1. The summed E-state index contributed by atoms with van der Waals surface area (Å²) in [5.74, 6) is 0.238. The largest absolute Gasteiger partial charge is 0.487 e. The van der Waals surface area contributed by atoms with E-state index in [1.54, 1.807) is 23.0 Å². The number of rotatable bonds is 8. The third-order valence-electron chi connectivity index (χ3n) is 4.65. The molecule has 174 valence electrons. The molecule has 8 nitrogen and oxygen atoms in total. The topological polar surface area (TPSA) is 102 Å². The van der Waals surface area contributed by atoms with E-state index in [1.165, 1.54) is 12.3 Å². The Labute approximate surface area is 205 Å². The molecular formula is C24H21BrN4O4S. The highest BCUT2D eigenvalue weighted by Crippen LogP contribution is 2.26. The predicted octanol–water partition coefficient (Wildman–Crippen LogP) is 4.84. The number of nitrogens with zero attached hydrogens (tertiary/aromatic N) is 2. The fourth-order valence-electron chi connectivity index (χ4n) is 3.21. The normalized spacial score (nSPS) is 11.1. The van der Waals surface area contributed by atoms with Gasteiger partial charge in [-0.25, -0.2) is 13.1 Å². The zero-order valence-electron chi connectivity index (χ0n) is 18.1. The maximum atomic E-state index is 12.8. The van der Waals surface area contributed by atoms with Gasteiger partial charge in [0.25, 0.3) is 5.91 Å². The van der Waals surface area contributed by atoms with Gasteiger partial charge >= 0.3 is 0 Å². The fourth-order valence-corrected chi connectivity index (χ4v) is 4.25. The van der Waals surface area contributed by atoms with Gasteiger partial charge < -0.3 is 10.1 Å². The molecule has 0 radical (unpaired) electrons. The Morgan fingerprint density at radius 2 is 1.74 bits per heavy atom. The number of hydrogen-bond acceptors (Lipinski definition) is 5. The minimum absolute atomic E-state index is 0.326. The third-order valence-corrected chi connectivity index (χ3v) is 5.72. The molecule has 3 aromatic carbocycles. The van der Waals surface area contributed by atoms with Gasteiger partial charge in [0.05, 0.1) is 23.7 Å². The highest BCUT2D eigenvalue weighted by Gasteiger charge is 2.14. The standard InChI is InChI=1S/C24H21BrN4O4S/c1-34(31,32)28-21-12-19(25)11-20(13-21)27-24(30)18-14-26-29(15-18)22-9-5-6-10-23(22)33-16-17-7-3-2-4-8-17/h2-15,28H,16H2,1H3,(H,27,30). The van der Waals surface area contributed by atoms with Gasteiger partial charge in [0.15, 0.2) is 0 Å². The summed E-state index contributed by atoms with van der Waals surface area (Å²) in [5.41, 5.74) is 2.81. The van der Waals surface area contributed by atoms with E-state index in [1.807, 2.05) is 54.6 Å². The fraction of sp³-hybridized carbons (Fsp3) is 0.0833. The lowest BCUT2D eigenvalue weighted by atomic mass is 10.2. The van der Waals surface area contributed by atoms with Crippen molar-refractivity contribution in [2.75, 3.05) is 16.3 Å². The Hall–Kier alpha value is -3.63. The van der Waals surface area contributed by atoms with Crippen LogP contribution in [0.25, 0.3) is 5.69 Å². The van der Waals surface area contributed by atoms with Gasteiger partial charge in [-0.3, -0.25) is 9.52 Å². The summed E-state index contributed by atoms with van der Waals surface area (Å²) in [6.45, 7) is 0.402. The molecule has 0 atom stereocenters. The Bertz CT molecular complexity index is 1420. The molecule has 0 saturated carbocycles. The molecule has 4 aromatic rings. The summed E-state index contributed by atoms with van der Waals surface area (Å²) in [7, 11) is -3.45. The number of sulfonamides is 1. The Morgan fingerprint density at radius 3 is 2.50 bits per heavy atom. The highest BCUT2D eigenvalue weighted by atomic mass is 79.9. The summed E-state index contributed by atoms with van der Waals surface area (Å²) in [6.07, 6.45) is 4.12. The van der Waals surface area contributed by atoms with E-state index in [0.717, 1.165) is 11.8 Å². The van der Waals surface area contributed by atoms with Crippen molar-refractivity contribution in [2.45, 2.75) is 6.61 Å². The second-order valence-corrected chi connectivity index (χ2v) is 10.1. The molecule has 0 spiro atoms. The SMILES string of the molecule is CS(=O)(=O)Nc1cc(Br)cc(NC(=O)c2cnn(-c3ccccc3OCc3ccccc3)c2)c1. The van der Waals surface area contributed by atoms with Gasteiger partial charge in [-0.2, -0.15) is 5.10 Å². The van der Waals surface area contributed by atoms with Gasteiger partial charge in [0, 0.05) is 16.4 Å². The Morgan fingerprint density at radius 1 is 1.03 bits per heavy atom. The van der Waals surface area contributed by atoms with Gasteiger partial charge in [-0.05, 0) is 35.9 Å². The molecule has 4 rings (SSSR count). The predicted molar refractivity (Wildman–Crippen MR) is 135 cm³/mol. The Balaban J connectivity index is 1.50. The monoisotopic (exact) mass is 540 g/mol. The number of amides is 1. The molecule has 1 amide bonds. The van der Waals surface area contributed by atoms with E-state index in [9.17, 15) is 13.2 Å². The summed E-state index contributed by atoms with van der Waals surface area (Å²) >= 11 is 3.32. The Kier molecular flexibility index (Phi) is 6.99. The summed E-state index contributed by atoms with van der Waals surface area (Å²) < 4.78 is 33.6. The van der Waals surface area contributed by atoms with Crippen molar-refractivity contribution in [1.82, 2.24) is 9.78 Å². The maximum absolute atomic E-state index is 12.8. The van der Waals surface area contributed by atoms with Crippen LogP contribution >= 0.6 is 15.9 Å². The molecule has 1 heterocycles. The smallest absolute Gasteiger partial charge is 0.258 e. The highest BCUT2D eigenvalue weighted by molar-refractivity contribution is 9.10. The zero-order chi connectivity index (χ0) is 24.1. The molecule has 0 unspecified atom stereocenters. The average molecular weight is 541 g/mol. The number of anilines is 2. The molecule has 34 heavy (non-hydrogen) atoms. The molecular weight excluding hydrogens is 520 g/mol. The second kappa shape index (κ2) is 10.1. The molecule has 0 aliphatic rings. The number of carbonyl (C=O) groups excluding carboxylic acids is 1. The first-order valence-electron chi connectivity index (χ1n) is 10.2. The third kappa shape index (κ3) is 6.24. The number of benzene rings is 3. The molecule has 1 aromatic heterocycles. The molecule has 10 heteroatoms. The molecule has 0 saturated heterocycles. The van der Waals surface area contributed by atoms with Crippen molar-refractivity contribution in [1.29, 1.82) is 0 Å². The lowest BCUT2D eigenvalue weighted by Gasteiger charge is -2.11. The molecule has 0 aliphatic carbocycles. The number of ether oxygens (including phenoxy) is 1. The maximum Gasteiger partial charge on any atom is 0.258 e. The van der Waals surface area contributed by atoms with E-state index < -0.39 is 15.9 Å². The summed E-state index contributed by atoms with van der Waals surface area (Å²) in [4.78, 5) is 12.8. The van der Waals surface area contributed by atoms with Crippen LogP contribution in [0.1, 0.15) is 15.9 Å². The lowest BCUT2D eigenvalue weighted by molar-refractivity contribution is 0.102. The van der Waals surface area contributed by atoms with Crippen molar-refractivity contribution >= 4 is 43.2 Å². The van der Waals surface area contributed by atoms with Crippen LogP contribution in [0.4, 0.5) is 11.4 Å². The molecule has 0 aliphatic heterocycles. The first-order valence-corrected chi connectivity index (χ1v) is 12.9. The van der Waals surface area contributed by atoms with E-state index in [-0.39, 0.29) is 0 Å². The molecule has 0 bridgehead atoms. The molecule has 2 N–H and O–H groups in total. The van der Waals surface area contributed by atoms with E-state index in [4.69, 9.17) is 4.74 Å². The van der Waals surface area contributed by atoms with E-state index >= 15 is 0 Å². The number of hydrogen-bond donors (Lipinski definition) is 2. The van der Waals surface area contributed by atoms with Crippen LogP contribution < -0.4 is 14.8 Å². The average Bonchev–Trinajstić information content (AvgIpc) is 3.27. The summed E-state index contributed by atoms with van der Waals surface area (Å²) in [5, 5.41) is 7.09. The number of para-hydroxylation sites is 2. The van der Waals surface area contributed by atoms with Gasteiger partial charge in [0.1, 0.15) is 18.0 Å². The van der Waals surface area contributed by atoms with Crippen molar-refractivity contribution < 1.29 is 17.9 Å². The van der Waals surface area contributed by atoms with Crippen molar-refractivity contribution in [3.05, 3.63) is 101 Å². The first-order chi connectivity index (χ1) is 16.3. The number of nitrogens with one attached hydrogen (secondary N) is 2. The van der Waals surface area contributed by atoms with Crippen LogP contribution in [0.2, 0.25) is 0 Å². The van der Waals surface area contributed by atoms with Gasteiger partial charge in [0.2, 0.25) is 10.0 Å². The van der Waals surface area contributed by atoms with Crippen LogP contribution in [0.15, 0.2) is 89.7 Å². The van der Waals surface area contributed by atoms with Crippen LogP contribution in [-0.2, 0) is 16.6 Å². The minimum Gasteiger partial charge on any atom is -0.487 e. The van der Waals surface area contributed by atoms with Crippen LogP contribution in [0, 0.1) is 0 Å². The van der Waals surface area contributed by atoms with Crippen molar-refractivity contribution in [3.63, 3.8) is 0 Å². The van der Waals surface area contributed by atoms with Crippen molar-refractivity contribution in [3.8, 4) is 11.4 Å². The lowest BCUT2D eigenvalue weighted by Crippen LogP contribution is -2.13. The van der Waals surface area contributed by atoms with Crippen molar-refractivity contribution in [2.24, 2.45) is 0 Å². The van der Waals surface area contributed by atoms with Crippen LogP contribution in [0.3, 0.4) is 0 Å². The number of aromatic nitrogens is 2. The molecule has 0 fully saturated rings. The van der Waals surface area contributed by atoms with E-state index in [0.29, 0.717) is 39.5 Å². The van der Waals surface area contributed by atoms with Gasteiger partial charge in [-0.15, -0.1) is 0 Å².